The fraction of sp³-hybridized carbons (Fsp3) is 0.333. The van der Waals surface area contributed by atoms with Crippen molar-refractivity contribution in [2.45, 2.75) is 6.92 Å². The summed E-state index contributed by atoms with van der Waals surface area (Å²) in [5, 5.41) is 15.8. The predicted octanol–water partition coefficient (Wildman–Crippen LogP) is 1.67. The summed E-state index contributed by atoms with van der Waals surface area (Å²) in [7, 11) is 3.35. The Labute approximate surface area is 133 Å². The number of aryl methyl sites for hydroxylation is 1. The van der Waals surface area contributed by atoms with Gasteiger partial charge in [-0.25, -0.2) is 4.79 Å². The van der Waals surface area contributed by atoms with Crippen molar-refractivity contribution in [2.24, 2.45) is 13.0 Å². The molecule has 8 nitrogen and oxygen atoms in total. The van der Waals surface area contributed by atoms with Crippen molar-refractivity contribution in [3.8, 4) is 11.3 Å². The molecule has 0 saturated carbocycles. The number of hydrogen-bond donors (Lipinski definition) is 2. The number of carboxylic acids is 1. The molecule has 2 N–H and O–H groups in total. The fourth-order valence-electron chi connectivity index (χ4n) is 2.06. The van der Waals surface area contributed by atoms with E-state index in [1.807, 2.05) is 0 Å². The SMILES string of the molecule is CC(CN(C)C(=O)Nc1cccnc1-c1cnn(C)c1)C(=O)O. The second kappa shape index (κ2) is 6.91. The van der Waals surface area contributed by atoms with Crippen LogP contribution >= 0.6 is 0 Å². The summed E-state index contributed by atoms with van der Waals surface area (Å²) in [6, 6.07) is 3.06. The second-order valence-electron chi connectivity index (χ2n) is 5.35. The minimum absolute atomic E-state index is 0.115. The van der Waals surface area contributed by atoms with Crippen LogP contribution < -0.4 is 5.32 Å². The van der Waals surface area contributed by atoms with Crippen molar-refractivity contribution in [3.63, 3.8) is 0 Å². The molecular formula is C15H19N5O3. The lowest BCUT2D eigenvalue weighted by Crippen LogP contribution is -2.36. The van der Waals surface area contributed by atoms with Crippen LogP contribution in [0.4, 0.5) is 10.5 Å². The first-order valence-corrected chi connectivity index (χ1v) is 7.07. The zero-order valence-electron chi connectivity index (χ0n) is 13.2. The van der Waals surface area contributed by atoms with E-state index in [4.69, 9.17) is 5.11 Å². The summed E-state index contributed by atoms with van der Waals surface area (Å²) in [6.45, 7) is 1.67. The van der Waals surface area contributed by atoms with Gasteiger partial charge in [0.2, 0.25) is 0 Å². The summed E-state index contributed by atoms with van der Waals surface area (Å²) >= 11 is 0. The highest BCUT2D eigenvalue weighted by atomic mass is 16.4. The van der Waals surface area contributed by atoms with E-state index >= 15 is 0 Å². The van der Waals surface area contributed by atoms with Crippen molar-refractivity contribution in [1.82, 2.24) is 19.7 Å². The number of hydrogen-bond acceptors (Lipinski definition) is 4. The van der Waals surface area contributed by atoms with E-state index in [0.717, 1.165) is 5.56 Å². The van der Waals surface area contributed by atoms with Crippen molar-refractivity contribution >= 4 is 17.7 Å². The first-order valence-electron chi connectivity index (χ1n) is 7.07. The quantitative estimate of drug-likeness (QED) is 0.873. The van der Waals surface area contributed by atoms with Crippen LogP contribution in [0.5, 0.6) is 0 Å². The Balaban J connectivity index is 2.14. The van der Waals surface area contributed by atoms with E-state index in [1.54, 1.807) is 56.4 Å². The molecule has 8 heteroatoms. The van der Waals surface area contributed by atoms with Gasteiger partial charge in [-0.1, -0.05) is 6.92 Å². The maximum absolute atomic E-state index is 12.2. The number of urea groups is 1. The summed E-state index contributed by atoms with van der Waals surface area (Å²) < 4.78 is 1.65. The van der Waals surface area contributed by atoms with Crippen LogP contribution in [0.15, 0.2) is 30.7 Å². The molecule has 2 rings (SSSR count). The molecule has 122 valence electrons. The van der Waals surface area contributed by atoms with Gasteiger partial charge in [-0.15, -0.1) is 0 Å². The monoisotopic (exact) mass is 317 g/mol. The molecule has 0 aliphatic heterocycles. The van der Waals surface area contributed by atoms with Gasteiger partial charge in [0.05, 0.1) is 23.5 Å². The maximum atomic E-state index is 12.2. The first-order chi connectivity index (χ1) is 10.9. The molecule has 0 spiro atoms. The van der Waals surface area contributed by atoms with Gasteiger partial charge < -0.3 is 15.3 Å². The Morgan fingerprint density at radius 3 is 2.83 bits per heavy atom. The van der Waals surface area contributed by atoms with Crippen molar-refractivity contribution in [2.75, 3.05) is 18.9 Å². The third kappa shape index (κ3) is 4.06. The van der Waals surface area contributed by atoms with Gasteiger partial charge in [0.15, 0.2) is 0 Å². The van der Waals surface area contributed by atoms with Gasteiger partial charge in [-0.2, -0.15) is 5.10 Å². The minimum atomic E-state index is -0.943. The zero-order valence-corrected chi connectivity index (χ0v) is 13.2. The van der Waals surface area contributed by atoms with Crippen LogP contribution in [0.2, 0.25) is 0 Å². The van der Waals surface area contributed by atoms with E-state index in [0.29, 0.717) is 11.4 Å². The largest absolute Gasteiger partial charge is 0.481 e. The molecule has 0 aliphatic rings. The molecule has 1 unspecified atom stereocenters. The van der Waals surface area contributed by atoms with E-state index < -0.39 is 17.9 Å². The Bertz CT molecular complexity index is 713. The van der Waals surface area contributed by atoms with Crippen LogP contribution in [0.3, 0.4) is 0 Å². The van der Waals surface area contributed by atoms with E-state index in [-0.39, 0.29) is 6.54 Å². The highest BCUT2D eigenvalue weighted by Gasteiger charge is 2.18. The Morgan fingerprint density at radius 2 is 2.22 bits per heavy atom. The number of nitrogens with zero attached hydrogens (tertiary/aromatic N) is 4. The third-order valence-electron chi connectivity index (χ3n) is 3.34. The van der Waals surface area contributed by atoms with Crippen LogP contribution in [-0.2, 0) is 11.8 Å². The molecule has 23 heavy (non-hydrogen) atoms. The molecule has 0 aliphatic carbocycles. The number of rotatable bonds is 5. The number of anilines is 1. The molecule has 2 heterocycles. The van der Waals surface area contributed by atoms with Crippen molar-refractivity contribution in [1.29, 1.82) is 0 Å². The molecular weight excluding hydrogens is 298 g/mol. The summed E-state index contributed by atoms with van der Waals surface area (Å²) in [6.07, 6.45) is 5.09. The molecule has 2 amide bonds. The number of aromatic nitrogens is 3. The number of amides is 2. The topological polar surface area (TPSA) is 100 Å². The Kier molecular flexibility index (Phi) is 4.95. The van der Waals surface area contributed by atoms with Crippen LogP contribution in [0.25, 0.3) is 11.3 Å². The average Bonchev–Trinajstić information content (AvgIpc) is 2.93. The summed E-state index contributed by atoms with van der Waals surface area (Å²) in [5.41, 5.74) is 1.93. The van der Waals surface area contributed by atoms with Crippen LogP contribution in [0.1, 0.15) is 6.92 Å². The highest BCUT2D eigenvalue weighted by Crippen LogP contribution is 2.24. The lowest BCUT2D eigenvalue weighted by Gasteiger charge is -2.20. The van der Waals surface area contributed by atoms with Crippen molar-refractivity contribution < 1.29 is 14.7 Å². The van der Waals surface area contributed by atoms with E-state index in [9.17, 15) is 9.59 Å². The van der Waals surface area contributed by atoms with E-state index in [2.05, 4.69) is 15.4 Å². The maximum Gasteiger partial charge on any atom is 0.321 e. The van der Waals surface area contributed by atoms with Gasteiger partial charge in [0.25, 0.3) is 0 Å². The fourth-order valence-corrected chi connectivity index (χ4v) is 2.06. The third-order valence-corrected chi connectivity index (χ3v) is 3.34. The molecule has 0 fully saturated rings. The number of carboxylic acid groups (broad SMARTS) is 1. The van der Waals surface area contributed by atoms with Crippen molar-refractivity contribution in [3.05, 3.63) is 30.7 Å². The first kappa shape index (κ1) is 16.5. The van der Waals surface area contributed by atoms with Gasteiger partial charge in [0.1, 0.15) is 0 Å². The Hall–Kier alpha value is -2.90. The molecule has 2 aromatic rings. The lowest BCUT2D eigenvalue weighted by molar-refractivity contribution is -0.141. The van der Waals surface area contributed by atoms with Crippen LogP contribution in [-0.4, -0.2) is 50.4 Å². The number of aliphatic carboxylic acids is 1. The highest BCUT2D eigenvalue weighted by molar-refractivity contribution is 5.93. The number of carbonyl (C=O) groups is 2. The molecule has 1 atom stereocenters. The van der Waals surface area contributed by atoms with Gasteiger partial charge >= 0.3 is 12.0 Å². The van der Waals surface area contributed by atoms with Gasteiger partial charge in [-0.3, -0.25) is 14.5 Å². The molecule has 0 bridgehead atoms. The molecule has 0 radical (unpaired) electrons. The van der Waals surface area contributed by atoms with E-state index in [1.165, 1.54) is 4.90 Å². The molecule has 2 aromatic heterocycles. The number of nitrogens with one attached hydrogen (secondary N) is 1. The summed E-state index contributed by atoms with van der Waals surface area (Å²) in [5.74, 6) is -1.58. The predicted molar refractivity (Wildman–Crippen MR) is 84.9 cm³/mol. The number of carbonyl (C=O) groups excluding carboxylic acids is 1. The molecule has 0 aromatic carbocycles. The smallest absolute Gasteiger partial charge is 0.321 e. The Morgan fingerprint density at radius 1 is 1.48 bits per heavy atom. The minimum Gasteiger partial charge on any atom is -0.481 e. The van der Waals surface area contributed by atoms with Crippen LogP contribution in [0, 0.1) is 5.92 Å². The average molecular weight is 317 g/mol. The van der Waals surface area contributed by atoms with Gasteiger partial charge in [0, 0.05) is 38.6 Å². The van der Waals surface area contributed by atoms with Gasteiger partial charge in [-0.05, 0) is 12.1 Å². The summed E-state index contributed by atoms with van der Waals surface area (Å²) in [4.78, 5) is 28.7. The molecule has 0 saturated heterocycles. The standard InChI is InChI=1S/C15H19N5O3/c1-10(14(21)22)8-19(2)15(23)18-12-5-4-6-16-13(12)11-7-17-20(3)9-11/h4-7,9-10H,8H2,1-3H3,(H,18,23)(H,21,22). The second-order valence-corrected chi connectivity index (χ2v) is 5.35. The zero-order chi connectivity index (χ0) is 17.0. The lowest BCUT2D eigenvalue weighted by atomic mass is 10.2. The number of pyridine rings is 1. The normalized spacial score (nSPS) is 11.8.